The van der Waals surface area contributed by atoms with Gasteiger partial charge in [-0.25, -0.2) is 4.79 Å². The highest BCUT2D eigenvalue weighted by atomic mass is 35.5. The molecule has 17 heavy (non-hydrogen) atoms. The van der Waals surface area contributed by atoms with Gasteiger partial charge in [-0.1, -0.05) is 11.6 Å². The Hall–Kier alpha value is -1.26. The van der Waals surface area contributed by atoms with Crippen LogP contribution < -0.4 is 10.2 Å². The average molecular weight is 255 g/mol. The Kier molecular flexibility index (Phi) is 3.54. The molecule has 1 saturated heterocycles. The van der Waals surface area contributed by atoms with Crippen molar-refractivity contribution in [2.75, 3.05) is 24.5 Å². The van der Waals surface area contributed by atoms with Crippen molar-refractivity contribution in [3.63, 3.8) is 0 Å². The maximum absolute atomic E-state index is 11.2. The first kappa shape index (κ1) is 12.2. The standard InChI is InChI=1S/C12H15ClN2O2/c1-8-6-9(13)2-3-10(8)15-5-4-14-7-11(15)12(16)17/h2-3,6,11,14H,4-5,7H2,1H3,(H,16,17). The summed E-state index contributed by atoms with van der Waals surface area (Å²) in [4.78, 5) is 13.1. The van der Waals surface area contributed by atoms with E-state index in [1.165, 1.54) is 0 Å². The Balaban J connectivity index is 2.32. The van der Waals surface area contributed by atoms with Crippen LogP contribution in [0.15, 0.2) is 18.2 Å². The number of hydrogen-bond donors (Lipinski definition) is 2. The van der Waals surface area contributed by atoms with Gasteiger partial charge in [0.25, 0.3) is 0 Å². The third-order valence-corrected chi connectivity index (χ3v) is 3.23. The molecule has 4 nitrogen and oxygen atoms in total. The molecular formula is C12H15ClN2O2. The van der Waals surface area contributed by atoms with E-state index < -0.39 is 12.0 Å². The van der Waals surface area contributed by atoms with E-state index in [2.05, 4.69) is 5.32 Å². The number of hydrogen-bond acceptors (Lipinski definition) is 3. The van der Waals surface area contributed by atoms with Crippen molar-refractivity contribution < 1.29 is 9.90 Å². The minimum atomic E-state index is -0.799. The van der Waals surface area contributed by atoms with Crippen molar-refractivity contribution in [3.8, 4) is 0 Å². The molecule has 0 bridgehead atoms. The third kappa shape index (κ3) is 2.53. The zero-order valence-corrected chi connectivity index (χ0v) is 10.4. The van der Waals surface area contributed by atoms with Crippen LogP contribution in [0.4, 0.5) is 5.69 Å². The normalized spacial score (nSPS) is 20.4. The number of rotatable bonds is 2. The number of carboxylic acids is 1. The summed E-state index contributed by atoms with van der Waals surface area (Å²) >= 11 is 5.91. The zero-order valence-electron chi connectivity index (χ0n) is 9.61. The van der Waals surface area contributed by atoms with Gasteiger partial charge in [-0.05, 0) is 30.7 Å². The van der Waals surface area contributed by atoms with Gasteiger partial charge in [0.05, 0.1) is 0 Å². The van der Waals surface area contributed by atoms with E-state index in [1.807, 2.05) is 24.0 Å². The van der Waals surface area contributed by atoms with Crippen LogP contribution in [0.25, 0.3) is 0 Å². The molecule has 0 amide bonds. The van der Waals surface area contributed by atoms with Gasteiger partial charge >= 0.3 is 5.97 Å². The summed E-state index contributed by atoms with van der Waals surface area (Å²) in [7, 11) is 0. The molecule has 1 fully saturated rings. The Morgan fingerprint density at radius 2 is 2.35 bits per heavy atom. The number of nitrogens with zero attached hydrogens (tertiary/aromatic N) is 1. The van der Waals surface area contributed by atoms with Crippen molar-refractivity contribution in [2.45, 2.75) is 13.0 Å². The highest BCUT2D eigenvalue weighted by Crippen LogP contribution is 2.25. The fraction of sp³-hybridized carbons (Fsp3) is 0.417. The van der Waals surface area contributed by atoms with Crippen molar-refractivity contribution in [1.29, 1.82) is 0 Å². The van der Waals surface area contributed by atoms with Gasteiger partial charge in [-0.15, -0.1) is 0 Å². The maximum atomic E-state index is 11.2. The third-order valence-electron chi connectivity index (χ3n) is 3.00. The number of anilines is 1. The topological polar surface area (TPSA) is 52.6 Å². The lowest BCUT2D eigenvalue weighted by atomic mass is 10.1. The van der Waals surface area contributed by atoms with Crippen molar-refractivity contribution in [2.24, 2.45) is 0 Å². The van der Waals surface area contributed by atoms with E-state index in [0.29, 0.717) is 18.1 Å². The molecule has 1 aliphatic rings. The lowest BCUT2D eigenvalue weighted by Gasteiger charge is -2.36. The number of nitrogens with one attached hydrogen (secondary N) is 1. The first-order valence-electron chi connectivity index (χ1n) is 5.56. The van der Waals surface area contributed by atoms with Crippen LogP contribution in [0.5, 0.6) is 0 Å². The van der Waals surface area contributed by atoms with Gasteiger partial charge in [0.1, 0.15) is 6.04 Å². The quantitative estimate of drug-likeness (QED) is 0.840. The summed E-state index contributed by atoms with van der Waals surface area (Å²) in [6.45, 7) is 3.91. The average Bonchev–Trinajstić information content (AvgIpc) is 2.29. The minimum absolute atomic E-state index is 0.470. The highest BCUT2D eigenvalue weighted by molar-refractivity contribution is 6.30. The number of aryl methyl sites for hydroxylation is 1. The van der Waals surface area contributed by atoms with Crippen LogP contribution in [-0.4, -0.2) is 36.8 Å². The Bertz CT molecular complexity index is 437. The lowest BCUT2D eigenvalue weighted by molar-refractivity contribution is -0.138. The van der Waals surface area contributed by atoms with Crippen molar-refractivity contribution >= 4 is 23.3 Å². The number of carboxylic acid groups (broad SMARTS) is 1. The van der Waals surface area contributed by atoms with E-state index in [4.69, 9.17) is 11.6 Å². The summed E-state index contributed by atoms with van der Waals surface area (Å²) in [6, 6.07) is 5.03. The largest absolute Gasteiger partial charge is 0.480 e. The smallest absolute Gasteiger partial charge is 0.327 e. The summed E-state index contributed by atoms with van der Waals surface area (Å²) < 4.78 is 0. The van der Waals surface area contributed by atoms with Gasteiger partial charge in [0.2, 0.25) is 0 Å². The predicted octanol–water partition coefficient (Wildman–Crippen LogP) is 1.51. The molecule has 0 spiro atoms. The van der Waals surface area contributed by atoms with Gasteiger partial charge in [-0.3, -0.25) is 0 Å². The van der Waals surface area contributed by atoms with E-state index >= 15 is 0 Å². The molecule has 2 N–H and O–H groups in total. The van der Waals surface area contributed by atoms with E-state index in [-0.39, 0.29) is 0 Å². The fourth-order valence-electron chi connectivity index (χ4n) is 2.15. The summed E-state index contributed by atoms with van der Waals surface area (Å²) in [5, 5.41) is 13.0. The molecule has 5 heteroatoms. The number of halogens is 1. The summed E-state index contributed by atoms with van der Waals surface area (Å²) in [6.07, 6.45) is 0. The Labute approximate surface area is 105 Å². The molecule has 1 aromatic rings. The van der Waals surface area contributed by atoms with Crippen LogP contribution in [0.3, 0.4) is 0 Å². The number of aliphatic carboxylic acids is 1. The molecule has 2 rings (SSSR count). The summed E-state index contributed by atoms with van der Waals surface area (Å²) in [5.41, 5.74) is 1.95. The van der Waals surface area contributed by atoms with Crippen LogP contribution in [-0.2, 0) is 4.79 Å². The molecule has 1 aliphatic heterocycles. The second-order valence-corrected chi connectivity index (χ2v) is 4.62. The second-order valence-electron chi connectivity index (χ2n) is 4.18. The predicted molar refractivity (Wildman–Crippen MR) is 67.8 cm³/mol. The van der Waals surface area contributed by atoms with Crippen molar-refractivity contribution in [1.82, 2.24) is 5.32 Å². The van der Waals surface area contributed by atoms with Gasteiger partial charge in [0, 0.05) is 30.3 Å². The lowest BCUT2D eigenvalue weighted by Crippen LogP contribution is -2.55. The highest BCUT2D eigenvalue weighted by Gasteiger charge is 2.29. The van der Waals surface area contributed by atoms with E-state index in [0.717, 1.165) is 17.8 Å². The number of carbonyl (C=O) groups is 1. The summed E-state index contributed by atoms with van der Waals surface area (Å²) in [5.74, 6) is -0.799. The molecule has 1 heterocycles. The molecule has 0 saturated carbocycles. The molecule has 1 atom stereocenters. The van der Waals surface area contributed by atoms with Crippen LogP contribution >= 0.6 is 11.6 Å². The van der Waals surface area contributed by atoms with E-state index in [9.17, 15) is 9.90 Å². The molecule has 1 aromatic carbocycles. The SMILES string of the molecule is Cc1cc(Cl)ccc1N1CCNCC1C(=O)O. The zero-order chi connectivity index (χ0) is 12.4. The van der Waals surface area contributed by atoms with Gasteiger partial charge in [0.15, 0.2) is 0 Å². The fourth-order valence-corrected chi connectivity index (χ4v) is 2.38. The molecule has 0 aliphatic carbocycles. The number of piperazine rings is 1. The van der Waals surface area contributed by atoms with Crippen LogP contribution in [0, 0.1) is 6.92 Å². The minimum Gasteiger partial charge on any atom is -0.480 e. The Morgan fingerprint density at radius 1 is 1.59 bits per heavy atom. The molecule has 1 unspecified atom stereocenters. The first-order chi connectivity index (χ1) is 8.09. The van der Waals surface area contributed by atoms with E-state index in [1.54, 1.807) is 6.07 Å². The number of benzene rings is 1. The molecular weight excluding hydrogens is 240 g/mol. The van der Waals surface area contributed by atoms with Gasteiger partial charge < -0.3 is 15.3 Å². The first-order valence-corrected chi connectivity index (χ1v) is 5.93. The Morgan fingerprint density at radius 3 is 3.00 bits per heavy atom. The molecule has 92 valence electrons. The maximum Gasteiger partial charge on any atom is 0.327 e. The van der Waals surface area contributed by atoms with Gasteiger partial charge in [-0.2, -0.15) is 0 Å². The van der Waals surface area contributed by atoms with Crippen molar-refractivity contribution in [3.05, 3.63) is 28.8 Å². The molecule has 0 aromatic heterocycles. The van der Waals surface area contributed by atoms with Crippen LogP contribution in [0.2, 0.25) is 5.02 Å². The van der Waals surface area contributed by atoms with Crippen LogP contribution in [0.1, 0.15) is 5.56 Å². The second kappa shape index (κ2) is 4.94. The monoisotopic (exact) mass is 254 g/mol. The molecule has 0 radical (unpaired) electrons.